The molecule has 2 aliphatic rings. The number of hydrogen-bond acceptors (Lipinski definition) is 4. The zero-order chi connectivity index (χ0) is 13.8. The van der Waals surface area contributed by atoms with E-state index in [1.165, 1.54) is 12.1 Å². The molecule has 1 aromatic rings. The van der Waals surface area contributed by atoms with Crippen LogP contribution in [-0.4, -0.2) is 43.5 Å². The number of pyridine rings is 1. The van der Waals surface area contributed by atoms with Crippen LogP contribution in [0.3, 0.4) is 0 Å². The number of hydrogen-bond donors (Lipinski definition) is 0. The van der Waals surface area contributed by atoms with Gasteiger partial charge in [0.15, 0.2) is 0 Å². The van der Waals surface area contributed by atoms with E-state index < -0.39 is 0 Å². The van der Waals surface area contributed by atoms with Crippen molar-refractivity contribution in [3.63, 3.8) is 0 Å². The Morgan fingerprint density at radius 2 is 2.20 bits per heavy atom. The molecule has 4 nitrogen and oxygen atoms in total. The SMILES string of the molecule is Cc1cc(N2CCC(OCC3CCCO3)CC2)ccn1. The van der Waals surface area contributed by atoms with E-state index in [2.05, 4.69) is 22.0 Å². The second-order valence-corrected chi connectivity index (χ2v) is 5.81. The average Bonchev–Trinajstić information content (AvgIpc) is 2.99. The number of rotatable bonds is 4. The zero-order valence-corrected chi connectivity index (χ0v) is 12.3. The first-order chi connectivity index (χ1) is 9.81. The molecule has 0 radical (unpaired) electrons. The zero-order valence-electron chi connectivity index (χ0n) is 12.3. The summed E-state index contributed by atoms with van der Waals surface area (Å²) in [6, 6.07) is 4.26. The van der Waals surface area contributed by atoms with Gasteiger partial charge in [-0.25, -0.2) is 0 Å². The van der Waals surface area contributed by atoms with Crippen molar-refractivity contribution in [3.8, 4) is 0 Å². The average molecular weight is 276 g/mol. The van der Waals surface area contributed by atoms with Crippen LogP contribution in [0.15, 0.2) is 18.3 Å². The Hall–Kier alpha value is -1.13. The molecule has 1 unspecified atom stereocenters. The molecule has 0 saturated carbocycles. The van der Waals surface area contributed by atoms with Crippen LogP contribution in [-0.2, 0) is 9.47 Å². The van der Waals surface area contributed by atoms with Gasteiger partial charge in [-0.2, -0.15) is 0 Å². The summed E-state index contributed by atoms with van der Waals surface area (Å²) in [5, 5.41) is 0. The van der Waals surface area contributed by atoms with E-state index in [0.717, 1.165) is 51.3 Å². The molecule has 1 aromatic heterocycles. The lowest BCUT2D eigenvalue weighted by molar-refractivity contribution is -0.0280. The summed E-state index contributed by atoms with van der Waals surface area (Å²) in [6.45, 7) is 5.87. The van der Waals surface area contributed by atoms with E-state index in [9.17, 15) is 0 Å². The summed E-state index contributed by atoms with van der Waals surface area (Å²) in [4.78, 5) is 6.69. The van der Waals surface area contributed by atoms with Crippen molar-refractivity contribution in [2.75, 3.05) is 31.2 Å². The number of piperidine rings is 1. The summed E-state index contributed by atoms with van der Waals surface area (Å²) in [5.74, 6) is 0. The van der Waals surface area contributed by atoms with E-state index in [-0.39, 0.29) is 0 Å². The molecule has 110 valence electrons. The van der Waals surface area contributed by atoms with Gasteiger partial charge >= 0.3 is 0 Å². The van der Waals surface area contributed by atoms with Gasteiger partial charge in [0.05, 0.1) is 18.8 Å². The van der Waals surface area contributed by atoms with Crippen LogP contribution >= 0.6 is 0 Å². The van der Waals surface area contributed by atoms with Crippen molar-refractivity contribution in [2.24, 2.45) is 0 Å². The van der Waals surface area contributed by atoms with Crippen molar-refractivity contribution >= 4 is 5.69 Å². The lowest BCUT2D eigenvalue weighted by Gasteiger charge is -2.34. The first-order valence-corrected chi connectivity index (χ1v) is 7.72. The van der Waals surface area contributed by atoms with Crippen LogP contribution in [0.4, 0.5) is 5.69 Å². The predicted octanol–water partition coefficient (Wildman–Crippen LogP) is 2.55. The Morgan fingerprint density at radius 1 is 1.35 bits per heavy atom. The summed E-state index contributed by atoms with van der Waals surface area (Å²) in [5.41, 5.74) is 2.37. The molecule has 2 aliphatic heterocycles. The van der Waals surface area contributed by atoms with Gasteiger partial charge in [0, 0.05) is 37.3 Å². The lowest BCUT2D eigenvalue weighted by Crippen LogP contribution is -2.38. The topological polar surface area (TPSA) is 34.6 Å². The Kier molecular flexibility index (Phi) is 4.53. The Morgan fingerprint density at radius 3 is 2.90 bits per heavy atom. The molecule has 2 fully saturated rings. The minimum atomic E-state index is 0.343. The first-order valence-electron chi connectivity index (χ1n) is 7.72. The van der Waals surface area contributed by atoms with Gasteiger partial charge in [-0.3, -0.25) is 4.98 Å². The molecule has 0 bridgehead atoms. The highest BCUT2D eigenvalue weighted by molar-refractivity contribution is 5.46. The molecular formula is C16H24N2O2. The number of ether oxygens (including phenoxy) is 2. The normalized spacial score (nSPS) is 24.2. The van der Waals surface area contributed by atoms with Gasteiger partial charge in [-0.1, -0.05) is 0 Å². The van der Waals surface area contributed by atoms with E-state index in [4.69, 9.17) is 9.47 Å². The summed E-state index contributed by atoms with van der Waals surface area (Å²) < 4.78 is 11.6. The maximum atomic E-state index is 6.01. The summed E-state index contributed by atoms with van der Waals surface area (Å²) >= 11 is 0. The number of nitrogens with zero attached hydrogens (tertiary/aromatic N) is 2. The van der Waals surface area contributed by atoms with Crippen LogP contribution < -0.4 is 4.90 Å². The lowest BCUT2D eigenvalue weighted by atomic mass is 10.1. The molecule has 0 spiro atoms. The van der Waals surface area contributed by atoms with Gasteiger partial charge in [0.2, 0.25) is 0 Å². The highest BCUT2D eigenvalue weighted by atomic mass is 16.5. The third-order valence-electron chi connectivity index (χ3n) is 4.23. The molecule has 3 heterocycles. The quantitative estimate of drug-likeness (QED) is 0.846. The molecule has 20 heavy (non-hydrogen) atoms. The second kappa shape index (κ2) is 6.55. The molecule has 1 atom stereocenters. The minimum absolute atomic E-state index is 0.343. The summed E-state index contributed by atoms with van der Waals surface area (Å²) in [6.07, 6.45) is 7.20. The molecule has 3 rings (SSSR count). The van der Waals surface area contributed by atoms with Gasteiger partial charge in [-0.15, -0.1) is 0 Å². The van der Waals surface area contributed by atoms with E-state index in [0.29, 0.717) is 12.2 Å². The smallest absolute Gasteiger partial charge is 0.0809 e. The van der Waals surface area contributed by atoms with E-state index >= 15 is 0 Å². The highest BCUT2D eigenvalue weighted by Gasteiger charge is 2.22. The molecular weight excluding hydrogens is 252 g/mol. The Labute approximate surface area is 121 Å². The van der Waals surface area contributed by atoms with Crippen LogP contribution in [0.2, 0.25) is 0 Å². The van der Waals surface area contributed by atoms with Crippen LogP contribution in [0.25, 0.3) is 0 Å². The molecule has 0 amide bonds. The van der Waals surface area contributed by atoms with Crippen LogP contribution in [0.5, 0.6) is 0 Å². The monoisotopic (exact) mass is 276 g/mol. The van der Waals surface area contributed by atoms with Crippen molar-refractivity contribution in [1.82, 2.24) is 4.98 Å². The Bertz CT molecular complexity index is 424. The standard InChI is InChI=1S/C16H24N2O2/c1-13-11-14(4-7-17-13)18-8-5-15(6-9-18)20-12-16-3-2-10-19-16/h4,7,11,15-16H,2-3,5-6,8-10,12H2,1H3. The van der Waals surface area contributed by atoms with Crippen molar-refractivity contribution in [3.05, 3.63) is 24.0 Å². The van der Waals surface area contributed by atoms with Crippen LogP contribution in [0, 0.1) is 6.92 Å². The van der Waals surface area contributed by atoms with Crippen molar-refractivity contribution < 1.29 is 9.47 Å². The van der Waals surface area contributed by atoms with E-state index in [1.54, 1.807) is 0 Å². The largest absolute Gasteiger partial charge is 0.376 e. The van der Waals surface area contributed by atoms with Crippen molar-refractivity contribution in [2.45, 2.75) is 44.8 Å². The molecule has 2 saturated heterocycles. The van der Waals surface area contributed by atoms with Gasteiger partial charge in [0.25, 0.3) is 0 Å². The van der Waals surface area contributed by atoms with Gasteiger partial charge in [-0.05, 0) is 44.7 Å². The maximum Gasteiger partial charge on any atom is 0.0809 e. The number of aryl methyl sites for hydroxylation is 1. The van der Waals surface area contributed by atoms with E-state index in [1.807, 2.05) is 13.1 Å². The Balaban J connectivity index is 1.44. The minimum Gasteiger partial charge on any atom is -0.376 e. The fourth-order valence-corrected chi connectivity index (χ4v) is 3.03. The molecule has 0 N–H and O–H groups in total. The van der Waals surface area contributed by atoms with Gasteiger partial charge < -0.3 is 14.4 Å². The second-order valence-electron chi connectivity index (χ2n) is 5.81. The number of aromatic nitrogens is 1. The molecule has 4 heteroatoms. The highest BCUT2D eigenvalue weighted by Crippen LogP contribution is 2.22. The molecule has 0 aliphatic carbocycles. The third kappa shape index (κ3) is 3.49. The van der Waals surface area contributed by atoms with Crippen LogP contribution in [0.1, 0.15) is 31.4 Å². The molecule has 0 aromatic carbocycles. The number of anilines is 1. The predicted molar refractivity (Wildman–Crippen MR) is 79.1 cm³/mol. The van der Waals surface area contributed by atoms with Crippen molar-refractivity contribution in [1.29, 1.82) is 0 Å². The fourth-order valence-electron chi connectivity index (χ4n) is 3.03. The summed E-state index contributed by atoms with van der Waals surface area (Å²) in [7, 11) is 0. The fraction of sp³-hybridized carbons (Fsp3) is 0.688. The maximum absolute atomic E-state index is 6.01. The van der Waals surface area contributed by atoms with Gasteiger partial charge in [0.1, 0.15) is 0 Å². The first kappa shape index (κ1) is 13.8. The third-order valence-corrected chi connectivity index (χ3v) is 4.23.